The fourth-order valence-corrected chi connectivity index (χ4v) is 4.15. The standard InChI is InChI=1S/C25H21FN6O2/c26-18-4-6-20(7-5-18)34-21-3-1-2-19(12-21)31-25(33)16-8-10-32(11-9-16)24-22-17(13-27)14-28-23(22)29-15-30-24/h1-7,12,14-16H,8-11H2,(H,31,33)(H,28,29,30). The number of rotatable bonds is 5. The number of carbonyl (C=O) groups excluding carboxylic acids is 1. The Bertz CT molecular complexity index is 1370. The predicted octanol–water partition coefficient (Wildman–Crippen LogP) is 4.62. The van der Waals surface area contributed by atoms with Crippen LogP contribution in [-0.2, 0) is 4.79 Å². The summed E-state index contributed by atoms with van der Waals surface area (Å²) >= 11 is 0. The zero-order valence-electron chi connectivity index (χ0n) is 18.2. The molecule has 2 N–H and O–H groups in total. The van der Waals surface area contributed by atoms with E-state index in [9.17, 15) is 14.4 Å². The second kappa shape index (κ2) is 9.19. The molecule has 4 aromatic rings. The molecule has 0 bridgehead atoms. The maximum Gasteiger partial charge on any atom is 0.227 e. The Kier molecular flexibility index (Phi) is 5.79. The summed E-state index contributed by atoms with van der Waals surface area (Å²) < 4.78 is 18.8. The molecule has 1 amide bonds. The van der Waals surface area contributed by atoms with Crippen molar-refractivity contribution >= 4 is 28.4 Å². The van der Waals surface area contributed by atoms with Crippen molar-refractivity contribution in [2.75, 3.05) is 23.3 Å². The SMILES string of the molecule is N#Cc1c[nH]c2ncnc(N3CCC(C(=O)Nc4cccc(Oc5ccc(F)cc5)c4)CC3)c12. The van der Waals surface area contributed by atoms with Crippen molar-refractivity contribution in [2.45, 2.75) is 12.8 Å². The molecule has 34 heavy (non-hydrogen) atoms. The van der Waals surface area contributed by atoms with E-state index >= 15 is 0 Å². The van der Waals surface area contributed by atoms with Crippen LogP contribution in [0.1, 0.15) is 18.4 Å². The minimum Gasteiger partial charge on any atom is -0.457 e. The third-order valence-corrected chi connectivity index (χ3v) is 5.89. The van der Waals surface area contributed by atoms with Gasteiger partial charge in [-0.3, -0.25) is 4.79 Å². The summed E-state index contributed by atoms with van der Waals surface area (Å²) in [5.41, 5.74) is 1.77. The van der Waals surface area contributed by atoms with Crippen molar-refractivity contribution in [3.63, 3.8) is 0 Å². The molecule has 9 heteroatoms. The highest BCUT2D eigenvalue weighted by Gasteiger charge is 2.27. The van der Waals surface area contributed by atoms with Gasteiger partial charge in [0.05, 0.1) is 10.9 Å². The number of nitriles is 1. The molecule has 0 radical (unpaired) electrons. The Hall–Kier alpha value is -4.45. The van der Waals surface area contributed by atoms with Gasteiger partial charge in [0.15, 0.2) is 0 Å². The van der Waals surface area contributed by atoms with Crippen LogP contribution in [0.5, 0.6) is 11.5 Å². The Morgan fingerprint density at radius 2 is 1.94 bits per heavy atom. The first-order valence-corrected chi connectivity index (χ1v) is 10.9. The molecule has 0 spiro atoms. The van der Waals surface area contributed by atoms with Crippen molar-refractivity contribution in [3.8, 4) is 17.6 Å². The Labute approximate surface area is 195 Å². The molecule has 1 aliphatic heterocycles. The number of nitrogens with one attached hydrogen (secondary N) is 2. The van der Waals surface area contributed by atoms with Crippen LogP contribution < -0.4 is 15.0 Å². The van der Waals surface area contributed by atoms with Gasteiger partial charge in [0.2, 0.25) is 5.91 Å². The second-order valence-electron chi connectivity index (χ2n) is 8.07. The summed E-state index contributed by atoms with van der Waals surface area (Å²) in [7, 11) is 0. The fraction of sp³-hybridized carbons (Fsp3) is 0.200. The van der Waals surface area contributed by atoms with Crippen LogP contribution in [0.4, 0.5) is 15.9 Å². The number of fused-ring (bicyclic) bond motifs is 1. The zero-order valence-corrected chi connectivity index (χ0v) is 18.2. The molecular formula is C25H21FN6O2. The smallest absolute Gasteiger partial charge is 0.227 e. The van der Waals surface area contributed by atoms with E-state index in [0.29, 0.717) is 65.5 Å². The maximum absolute atomic E-state index is 13.1. The molecule has 170 valence electrons. The molecule has 3 heterocycles. The lowest BCUT2D eigenvalue weighted by Gasteiger charge is -2.32. The number of benzene rings is 2. The van der Waals surface area contributed by atoms with Crippen LogP contribution in [0.25, 0.3) is 11.0 Å². The van der Waals surface area contributed by atoms with Gasteiger partial charge in [-0.05, 0) is 49.2 Å². The molecule has 8 nitrogen and oxygen atoms in total. The van der Waals surface area contributed by atoms with Gasteiger partial charge in [0.1, 0.15) is 41.2 Å². The zero-order chi connectivity index (χ0) is 23.5. The number of ether oxygens (including phenoxy) is 1. The number of aromatic amines is 1. The fourth-order valence-electron chi connectivity index (χ4n) is 4.15. The monoisotopic (exact) mass is 456 g/mol. The third-order valence-electron chi connectivity index (χ3n) is 5.89. The van der Waals surface area contributed by atoms with Crippen molar-refractivity contribution in [1.29, 1.82) is 5.26 Å². The summed E-state index contributed by atoms with van der Waals surface area (Å²) in [6.45, 7) is 1.29. The lowest BCUT2D eigenvalue weighted by Crippen LogP contribution is -2.38. The van der Waals surface area contributed by atoms with Crippen molar-refractivity contribution in [3.05, 3.63) is 72.4 Å². The summed E-state index contributed by atoms with van der Waals surface area (Å²) in [6, 6.07) is 15.0. The summed E-state index contributed by atoms with van der Waals surface area (Å²) in [5.74, 6) is 1.25. The van der Waals surface area contributed by atoms with Gasteiger partial charge in [0, 0.05) is 37.0 Å². The number of piperidine rings is 1. The predicted molar refractivity (Wildman–Crippen MR) is 125 cm³/mol. The first kappa shape index (κ1) is 21.4. The lowest BCUT2D eigenvalue weighted by molar-refractivity contribution is -0.120. The molecule has 1 aliphatic rings. The Morgan fingerprint density at radius 3 is 2.71 bits per heavy atom. The molecule has 5 rings (SSSR count). The minimum atomic E-state index is -0.331. The number of H-pyrrole nitrogens is 1. The number of anilines is 2. The molecule has 0 unspecified atom stereocenters. The van der Waals surface area contributed by atoms with Crippen molar-refractivity contribution < 1.29 is 13.9 Å². The normalized spacial score (nSPS) is 14.1. The van der Waals surface area contributed by atoms with Gasteiger partial charge in [-0.25, -0.2) is 14.4 Å². The quantitative estimate of drug-likeness (QED) is 0.454. The first-order valence-electron chi connectivity index (χ1n) is 10.9. The van der Waals surface area contributed by atoms with Crippen LogP contribution in [0, 0.1) is 23.1 Å². The van der Waals surface area contributed by atoms with Crippen LogP contribution in [0.3, 0.4) is 0 Å². The molecule has 2 aromatic carbocycles. The first-order chi connectivity index (χ1) is 16.6. The highest BCUT2D eigenvalue weighted by molar-refractivity contribution is 5.94. The number of nitrogens with zero attached hydrogens (tertiary/aromatic N) is 4. The Balaban J connectivity index is 1.22. The number of aromatic nitrogens is 3. The van der Waals surface area contributed by atoms with Crippen LogP contribution in [-0.4, -0.2) is 33.9 Å². The number of halogens is 1. The van der Waals surface area contributed by atoms with E-state index in [2.05, 4.69) is 31.2 Å². The van der Waals surface area contributed by atoms with E-state index in [-0.39, 0.29) is 17.6 Å². The van der Waals surface area contributed by atoms with E-state index in [4.69, 9.17) is 4.74 Å². The molecular weight excluding hydrogens is 435 g/mol. The van der Waals surface area contributed by atoms with E-state index in [1.54, 1.807) is 42.6 Å². The topological polar surface area (TPSA) is 107 Å². The molecule has 1 fully saturated rings. The van der Waals surface area contributed by atoms with Gasteiger partial charge in [-0.15, -0.1) is 0 Å². The lowest BCUT2D eigenvalue weighted by atomic mass is 9.95. The molecule has 0 saturated carbocycles. The van der Waals surface area contributed by atoms with E-state index < -0.39 is 0 Å². The third kappa shape index (κ3) is 4.38. The van der Waals surface area contributed by atoms with Gasteiger partial charge in [0.25, 0.3) is 0 Å². The van der Waals surface area contributed by atoms with Gasteiger partial charge < -0.3 is 19.9 Å². The molecule has 0 atom stereocenters. The summed E-state index contributed by atoms with van der Waals surface area (Å²) in [5, 5.41) is 13.1. The second-order valence-corrected chi connectivity index (χ2v) is 8.07. The molecule has 0 aliphatic carbocycles. The van der Waals surface area contributed by atoms with Crippen LogP contribution in [0.15, 0.2) is 61.1 Å². The van der Waals surface area contributed by atoms with E-state index in [1.807, 2.05) is 0 Å². The number of carbonyl (C=O) groups is 1. The summed E-state index contributed by atoms with van der Waals surface area (Å²) in [4.78, 5) is 26.6. The van der Waals surface area contributed by atoms with E-state index in [1.165, 1.54) is 18.5 Å². The molecule has 1 saturated heterocycles. The number of hydrogen-bond donors (Lipinski definition) is 2. The average molecular weight is 456 g/mol. The summed E-state index contributed by atoms with van der Waals surface area (Å²) in [6.07, 6.45) is 4.44. The van der Waals surface area contributed by atoms with Gasteiger partial charge >= 0.3 is 0 Å². The van der Waals surface area contributed by atoms with E-state index in [0.717, 1.165) is 0 Å². The minimum absolute atomic E-state index is 0.0502. The number of amides is 1. The maximum atomic E-state index is 13.1. The van der Waals surface area contributed by atoms with Crippen LogP contribution >= 0.6 is 0 Å². The van der Waals surface area contributed by atoms with Crippen LogP contribution in [0.2, 0.25) is 0 Å². The van der Waals surface area contributed by atoms with Crippen molar-refractivity contribution in [1.82, 2.24) is 15.0 Å². The van der Waals surface area contributed by atoms with Gasteiger partial charge in [-0.1, -0.05) is 6.07 Å². The van der Waals surface area contributed by atoms with Gasteiger partial charge in [-0.2, -0.15) is 5.26 Å². The number of hydrogen-bond acceptors (Lipinski definition) is 6. The van der Waals surface area contributed by atoms with Crippen molar-refractivity contribution in [2.24, 2.45) is 5.92 Å². The average Bonchev–Trinajstić information content (AvgIpc) is 3.29. The highest BCUT2D eigenvalue weighted by Crippen LogP contribution is 2.30. The Morgan fingerprint density at radius 1 is 1.15 bits per heavy atom. The largest absolute Gasteiger partial charge is 0.457 e. The molecule has 2 aromatic heterocycles. The highest BCUT2D eigenvalue weighted by atomic mass is 19.1.